The van der Waals surface area contributed by atoms with Gasteiger partial charge in [0.1, 0.15) is 0 Å². The van der Waals surface area contributed by atoms with E-state index in [2.05, 4.69) is 44.7 Å². The maximum atomic E-state index is 7.32. The molecule has 0 heterocycles. The second kappa shape index (κ2) is 6.80. The molecule has 90 valence electrons. The number of hydrogen-bond donors (Lipinski definition) is 2. The molecule has 0 aliphatic heterocycles. The van der Waals surface area contributed by atoms with E-state index in [1.54, 1.807) is 0 Å². The second-order valence-corrected chi connectivity index (χ2v) is 4.52. The van der Waals surface area contributed by atoms with Crippen LogP contribution in [0.3, 0.4) is 0 Å². The molecule has 0 saturated carbocycles. The molecule has 3 N–H and O–H groups in total. The molecule has 15 heavy (non-hydrogen) atoms. The van der Waals surface area contributed by atoms with Crippen molar-refractivity contribution in [2.45, 2.75) is 39.3 Å². The van der Waals surface area contributed by atoms with Crippen LogP contribution in [0.5, 0.6) is 0 Å². The number of hydrogen-bond acceptors (Lipinski definition) is 3. The average molecular weight is 214 g/mol. The van der Waals surface area contributed by atoms with Crippen LogP contribution in [-0.2, 0) is 0 Å². The van der Waals surface area contributed by atoms with Gasteiger partial charge >= 0.3 is 0 Å². The Labute approximate surface area is 93.9 Å². The number of likely N-dealkylation sites (N-methyl/N-ethyl adjacent to an activating group) is 2. The Balaban J connectivity index is 4.26. The predicted octanol–water partition coefficient (Wildman–Crippen LogP) is 0.973. The summed E-state index contributed by atoms with van der Waals surface area (Å²) in [4.78, 5) is 4.58. The Kier molecular flexibility index (Phi) is 6.52. The van der Waals surface area contributed by atoms with Crippen molar-refractivity contribution in [1.29, 1.82) is 5.41 Å². The van der Waals surface area contributed by atoms with Gasteiger partial charge in [0, 0.05) is 25.0 Å². The van der Waals surface area contributed by atoms with Crippen LogP contribution in [0.25, 0.3) is 0 Å². The average Bonchev–Trinajstić information content (AvgIpc) is 2.01. The highest BCUT2D eigenvalue weighted by atomic mass is 15.2. The topological polar surface area (TPSA) is 56.4 Å². The van der Waals surface area contributed by atoms with Gasteiger partial charge in [-0.1, -0.05) is 6.92 Å². The van der Waals surface area contributed by atoms with Gasteiger partial charge in [-0.05, 0) is 34.5 Å². The van der Waals surface area contributed by atoms with Gasteiger partial charge in [0.2, 0.25) is 0 Å². The van der Waals surface area contributed by atoms with Crippen LogP contribution in [0, 0.1) is 5.41 Å². The molecular weight excluding hydrogens is 188 g/mol. The molecule has 4 heteroatoms. The van der Waals surface area contributed by atoms with Gasteiger partial charge in [0.15, 0.2) is 0 Å². The quantitative estimate of drug-likeness (QED) is 0.490. The molecule has 0 spiro atoms. The van der Waals surface area contributed by atoms with Crippen molar-refractivity contribution in [3.8, 4) is 0 Å². The van der Waals surface area contributed by atoms with E-state index in [9.17, 15) is 0 Å². The van der Waals surface area contributed by atoms with Crippen molar-refractivity contribution in [1.82, 2.24) is 9.80 Å². The minimum Gasteiger partial charge on any atom is -0.388 e. The molecule has 4 nitrogen and oxygen atoms in total. The van der Waals surface area contributed by atoms with Crippen molar-refractivity contribution < 1.29 is 0 Å². The second-order valence-electron chi connectivity index (χ2n) is 4.52. The Hall–Kier alpha value is -0.610. The zero-order chi connectivity index (χ0) is 12.0. The fraction of sp³-hybridized carbons (Fsp3) is 0.909. The summed E-state index contributed by atoms with van der Waals surface area (Å²) in [7, 11) is 4.17. The molecular formula is C11H26N4. The minimum absolute atomic E-state index is 0.276. The van der Waals surface area contributed by atoms with E-state index in [1.807, 2.05) is 0 Å². The van der Waals surface area contributed by atoms with E-state index in [1.165, 1.54) is 0 Å². The molecule has 0 bridgehead atoms. The van der Waals surface area contributed by atoms with Crippen molar-refractivity contribution in [2.75, 3.05) is 27.2 Å². The molecule has 0 rings (SSSR count). The standard InChI is InChI=1S/C11H26N4/c1-6-15(9(2)7-11(12)13)10(3)8-14(4)5/h9-10H,6-8H2,1-5H3,(H3,12,13). The zero-order valence-electron chi connectivity index (χ0n) is 10.7. The van der Waals surface area contributed by atoms with E-state index in [0.29, 0.717) is 18.5 Å². The Morgan fingerprint density at radius 2 is 1.80 bits per heavy atom. The fourth-order valence-corrected chi connectivity index (χ4v) is 2.13. The first-order valence-electron chi connectivity index (χ1n) is 5.61. The van der Waals surface area contributed by atoms with Crippen molar-refractivity contribution >= 4 is 5.84 Å². The maximum Gasteiger partial charge on any atom is 0.0920 e. The van der Waals surface area contributed by atoms with Gasteiger partial charge in [0.05, 0.1) is 5.84 Å². The highest BCUT2D eigenvalue weighted by Crippen LogP contribution is 2.09. The van der Waals surface area contributed by atoms with Crippen LogP contribution in [-0.4, -0.2) is 54.9 Å². The maximum absolute atomic E-state index is 7.32. The highest BCUT2D eigenvalue weighted by Gasteiger charge is 2.19. The number of nitrogens with one attached hydrogen (secondary N) is 1. The van der Waals surface area contributed by atoms with Gasteiger partial charge in [-0.2, -0.15) is 0 Å². The van der Waals surface area contributed by atoms with E-state index in [-0.39, 0.29) is 5.84 Å². The lowest BCUT2D eigenvalue weighted by molar-refractivity contribution is 0.139. The van der Waals surface area contributed by atoms with Crippen LogP contribution in [0.1, 0.15) is 27.2 Å². The smallest absolute Gasteiger partial charge is 0.0920 e. The van der Waals surface area contributed by atoms with E-state index >= 15 is 0 Å². The largest absolute Gasteiger partial charge is 0.388 e. The zero-order valence-corrected chi connectivity index (χ0v) is 10.7. The summed E-state index contributed by atoms with van der Waals surface area (Å²) in [6, 6.07) is 0.849. The highest BCUT2D eigenvalue weighted by molar-refractivity contribution is 5.77. The Morgan fingerprint density at radius 1 is 1.27 bits per heavy atom. The molecule has 0 fully saturated rings. The van der Waals surface area contributed by atoms with Gasteiger partial charge in [0.25, 0.3) is 0 Å². The molecule has 0 aromatic rings. The van der Waals surface area contributed by atoms with Crippen molar-refractivity contribution in [3.63, 3.8) is 0 Å². The monoisotopic (exact) mass is 214 g/mol. The Morgan fingerprint density at radius 3 is 2.13 bits per heavy atom. The first-order valence-corrected chi connectivity index (χ1v) is 5.61. The number of nitrogens with two attached hydrogens (primary N) is 1. The van der Waals surface area contributed by atoms with Crippen LogP contribution >= 0.6 is 0 Å². The molecule has 2 atom stereocenters. The molecule has 0 aliphatic carbocycles. The molecule has 0 amide bonds. The molecule has 0 saturated heterocycles. The van der Waals surface area contributed by atoms with Gasteiger partial charge < -0.3 is 10.6 Å². The summed E-state index contributed by atoms with van der Waals surface area (Å²) in [5, 5.41) is 7.32. The number of rotatable bonds is 7. The lowest BCUT2D eigenvalue weighted by Crippen LogP contribution is -2.46. The van der Waals surface area contributed by atoms with Crippen molar-refractivity contribution in [2.24, 2.45) is 5.73 Å². The van der Waals surface area contributed by atoms with Crippen LogP contribution in [0.2, 0.25) is 0 Å². The van der Waals surface area contributed by atoms with Crippen LogP contribution in [0.4, 0.5) is 0 Å². The van der Waals surface area contributed by atoms with E-state index in [4.69, 9.17) is 11.1 Å². The van der Waals surface area contributed by atoms with Crippen LogP contribution in [0.15, 0.2) is 0 Å². The minimum atomic E-state index is 0.276. The first kappa shape index (κ1) is 14.4. The summed E-state index contributed by atoms with van der Waals surface area (Å²) in [6.07, 6.45) is 0.658. The third kappa shape index (κ3) is 5.74. The van der Waals surface area contributed by atoms with Crippen molar-refractivity contribution in [3.05, 3.63) is 0 Å². The fourth-order valence-electron chi connectivity index (χ4n) is 2.13. The normalized spacial score (nSPS) is 15.7. The summed E-state index contributed by atoms with van der Waals surface area (Å²) >= 11 is 0. The SMILES string of the molecule is CCN(C(C)CC(=N)N)C(C)CN(C)C. The lowest BCUT2D eigenvalue weighted by Gasteiger charge is -2.34. The van der Waals surface area contributed by atoms with Gasteiger partial charge in [-0.25, -0.2) is 0 Å². The van der Waals surface area contributed by atoms with Gasteiger partial charge in [-0.3, -0.25) is 10.3 Å². The molecule has 0 radical (unpaired) electrons. The molecule has 0 aliphatic rings. The predicted molar refractivity (Wildman–Crippen MR) is 66.4 cm³/mol. The molecule has 0 aromatic carbocycles. The summed E-state index contributed by atoms with van der Waals surface area (Å²) < 4.78 is 0. The van der Waals surface area contributed by atoms with Gasteiger partial charge in [-0.15, -0.1) is 0 Å². The Bertz CT molecular complexity index is 191. The van der Waals surface area contributed by atoms with E-state index in [0.717, 1.165) is 13.1 Å². The number of nitrogens with zero attached hydrogens (tertiary/aromatic N) is 2. The molecule has 2 unspecified atom stereocenters. The first-order chi connectivity index (χ1) is 6.88. The lowest BCUT2D eigenvalue weighted by atomic mass is 10.1. The van der Waals surface area contributed by atoms with Crippen LogP contribution < -0.4 is 5.73 Å². The summed E-state index contributed by atoms with van der Waals surface area (Å²) in [5.41, 5.74) is 5.43. The van der Waals surface area contributed by atoms with E-state index < -0.39 is 0 Å². The summed E-state index contributed by atoms with van der Waals surface area (Å²) in [6.45, 7) is 8.56. The summed E-state index contributed by atoms with van der Waals surface area (Å²) in [5.74, 6) is 0.276. The molecule has 0 aromatic heterocycles. The number of amidine groups is 1. The third-order valence-electron chi connectivity index (χ3n) is 2.64. The third-order valence-corrected chi connectivity index (χ3v) is 2.64.